The van der Waals surface area contributed by atoms with Gasteiger partial charge in [-0.2, -0.15) is 0 Å². The predicted octanol–water partition coefficient (Wildman–Crippen LogP) is 2.62. The van der Waals surface area contributed by atoms with Crippen LogP contribution in [0.15, 0.2) is 24.3 Å². The van der Waals surface area contributed by atoms with E-state index >= 15 is 0 Å². The average molecular weight is 294 g/mol. The molecule has 0 aliphatic carbocycles. The normalized spacial score (nSPS) is 11.1. The molecular weight excluding hydrogens is 268 g/mol. The van der Waals surface area contributed by atoms with Gasteiger partial charge in [0.1, 0.15) is 5.75 Å². The molecule has 0 aromatic heterocycles. The lowest BCUT2D eigenvalue weighted by molar-refractivity contribution is -0.137. The Bertz CT molecular complexity index is 435. The second kappa shape index (κ2) is 9.37. The third kappa shape index (κ3) is 7.11. The van der Waals surface area contributed by atoms with Gasteiger partial charge in [0, 0.05) is 39.7 Å². The minimum Gasteiger partial charge on any atom is -0.493 e. The van der Waals surface area contributed by atoms with E-state index in [-0.39, 0.29) is 6.42 Å². The number of unbranched alkanes of at least 4 members (excludes halogenated alkanes) is 2. The van der Waals surface area contributed by atoms with Crippen molar-refractivity contribution in [1.82, 2.24) is 10.0 Å². The van der Waals surface area contributed by atoms with Crippen LogP contribution in [-0.4, -0.2) is 48.8 Å². The fourth-order valence-electron chi connectivity index (χ4n) is 1.90. The third-order valence-corrected chi connectivity index (χ3v) is 3.35. The maximum atomic E-state index is 10.4. The summed E-state index contributed by atoms with van der Waals surface area (Å²) in [7, 11) is 6.04. The van der Waals surface area contributed by atoms with Gasteiger partial charge < -0.3 is 9.84 Å². The number of carboxylic acids is 1. The van der Waals surface area contributed by atoms with E-state index in [1.807, 2.05) is 44.4 Å². The van der Waals surface area contributed by atoms with Gasteiger partial charge in [-0.15, -0.1) is 0 Å². The van der Waals surface area contributed by atoms with Gasteiger partial charge >= 0.3 is 5.97 Å². The lowest BCUT2D eigenvalue weighted by atomic mass is 10.2. The van der Waals surface area contributed by atoms with Crippen molar-refractivity contribution in [3.8, 4) is 5.75 Å². The Hall–Kier alpha value is -1.59. The Morgan fingerprint density at radius 3 is 2.52 bits per heavy atom. The number of hydrogen-bond donors (Lipinski definition) is 1. The summed E-state index contributed by atoms with van der Waals surface area (Å²) in [6.07, 6.45) is 2.71. The Balaban J connectivity index is 2.39. The molecule has 0 aliphatic heterocycles. The molecule has 0 radical (unpaired) electrons. The van der Waals surface area contributed by atoms with Crippen molar-refractivity contribution < 1.29 is 14.6 Å². The first-order chi connectivity index (χ1) is 10.0. The van der Waals surface area contributed by atoms with Crippen molar-refractivity contribution in [3.05, 3.63) is 29.8 Å². The maximum Gasteiger partial charge on any atom is 0.303 e. The van der Waals surface area contributed by atoms with Crippen LogP contribution in [0.2, 0.25) is 0 Å². The fourth-order valence-corrected chi connectivity index (χ4v) is 1.90. The van der Waals surface area contributed by atoms with Crippen molar-refractivity contribution in [2.45, 2.75) is 32.2 Å². The lowest BCUT2D eigenvalue weighted by Gasteiger charge is -2.25. The number of hydrogen-bond acceptors (Lipinski definition) is 4. The summed E-state index contributed by atoms with van der Waals surface area (Å²) < 4.78 is 5.83. The molecule has 1 aromatic carbocycles. The van der Waals surface area contributed by atoms with E-state index in [0.717, 1.165) is 30.7 Å². The molecule has 21 heavy (non-hydrogen) atoms. The highest BCUT2D eigenvalue weighted by atomic mass is 16.5. The predicted molar refractivity (Wildman–Crippen MR) is 83.2 cm³/mol. The van der Waals surface area contributed by atoms with Gasteiger partial charge in [0.25, 0.3) is 0 Å². The van der Waals surface area contributed by atoms with Crippen LogP contribution in [-0.2, 0) is 11.3 Å². The standard InChI is InChI=1S/C16H26N2O3/c1-17(2)18(3)13-14-9-6-7-10-15(14)21-12-8-4-5-11-16(19)20/h6-7,9-10H,4-5,8,11-13H2,1-3H3,(H,19,20). The van der Waals surface area contributed by atoms with E-state index in [1.165, 1.54) is 0 Å². The smallest absolute Gasteiger partial charge is 0.303 e. The second-order valence-electron chi connectivity index (χ2n) is 5.32. The molecule has 5 nitrogen and oxygen atoms in total. The van der Waals surface area contributed by atoms with Crippen molar-refractivity contribution in [3.63, 3.8) is 0 Å². The van der Waals surface area contributed by atoms with Gasteiger partial charge in [0.05, 0.1) is 6.61 Å². The van der Waals surface area contributed by atoms with Crippen LogP contribution in [0.4, 0.5) is 0 Å². The Labute approximate surface area is 127 Å². The molecule has 0 amide bonds. The monoisotopic (exact) mass is 294 g/mol. The van der Waals surface area contributed by atoms with E-state index in [2.05, 4.69) is 11.1 Å². The number of aliphatic carboxylic acids is 1. The zero-order valence-corrected chi connectivity index (χ0v) is 13.2. The summed E-state index contributed by atoms with van der Waals surface area (Å²) in [5, 5.41) is 12.7. The van der Waals surface area contributed by atoms with Crippen LogP contribution < -0.4 is 4.74 Å². The van der Waals surface area contributed by atoms with Gasteiger partial charge in [0.2, 0.25) is 0 Å². The van der Waals surface area contributed by atoms with Gasteiger partial charge in [-0.3, -0.25) is 4.79 Å². The summed E-state index contributed by atoms with van der Waals surface area (Å²) >= 11 is 0. The Morgan fingerprint density at radius 2 is 1.86 bits per heavy atom. The first-order valence-electron chi connectivity index (χ1n) is 7.31. The summed E-state index contributed by atoms with van der Waals surface area (Å²) in [6, 6.07) is 8.04. The van der Waals surface area contributed by atoms with Crippen LogP contribution in [0.3, 0.4) is 0 Å². The van der Waals surface area contributed by atoms with Crippen molar-refractivity contribution in [2.24, 2.45) is 0 Å². The van der Waals surface area contributed by atoms with Crippen LogP contribution in [0.1, 0.15) is 31.2 Å². The molecule has 0 saturated heterocycles. The molecule has 0 spiro atoms. The number of carbonyl (C=O) groups is 1. The first kappa shape index (κ1) is 17.5. The van der Waals surface area contributed by atoms with Crippen molar-refractivity contribution in [1.29, 1.82) is 0 Å². The molecule has 0 saturated carbocycles. The quantitative estimate of drug-likeness (QED) is 0.531. The molecule has 1 rings (SSSR count). The van der Waals surface area contributed by atoms with E-state index in [4.69, 9.17) is 9.84 Å². The highest BCUT2D eigenvalue weighted by molar-refractivity contribution is 5.66. The van der Waals surface area contributed by atoms with Crippen molar-refractivity contribution in [2.75, 3.05) is 27.7 Å². The van der Waals surface area contributed by atoms with Crippen LogP contribution in [0.5, 0.6) is 5.75 Å². The summed E-state index contributed by atoms with van der Waals surface area (Å²) in [6.45, 7) is 1.42. The van der Waals surface area contributed by atoms with E-state index in [0.29, 0.717) is 13.0 Å². The molecule has 0 heterocycles. The topological polar surface area (TPSA) is 53.0 Å². The highest BCUT2D eigenvalue weighted by Crippen LogP contribution is 2.20. The summed E-state index contributed by atoms with van der Waals surface area (Å²) in [5.74, 6) is 0.178. The number of carboxylic acid groups (broad SMARTS) is 1. The average Bonchev–Trinajstić information content (AvgIpc) is 2.43. The van der Waals surface area contributed by atoms with Gasteiger partial charge in [0.15, 0.2) is 0 Å². The molecule has 0 aliphatic rings. The number of ether oxygens (including phenoxy) is 1. The zero-order chi connectivity index (χ0) is 15.7. The first-order valence-corrected chi connectivity index (χ1v) is 7.31. The van der Waals surface area contributed by atoms with Gasteiger partial charge in [-0.25, -0.2) is 10.0 Å². The van der Waals surface area contributed by atoms with E-state index in [9.17, 15) is 4.79 Å². The number of hydrazine groups is 1. The molecule has 5 heteroatoms. The number of rotatable bonds is 10. The third-order valence-electron chi connectivity index (χ3n) is 3.35. The molecule has 0 unspecified atom stereocenters. The lowest BCUT2D eigenvalue weighted by Crippen LogP contribution is -2.32. The minimum atomic E-state index is -0.729. The Morgan fingerprint density at radius 1 is 1.14 bits per heavy atom. The van der Waals surface area contributed by atoms with Crippen LogP contribution in [0.25, 0.3) is 0 Å². The number of para-hydroxylation sites is 1. The molecule has 118 valence electrons. The Kier molecular flexibility index (Phi) is 7.79. The van der Waals surface area contributed by atoms with Gasteiger partial charge in [-0.05, 0) is 25.3 Å². The van der Waals surface area contributed by atoms with E-state index in [1.54, 1.807) is 0 Å². The SMILES string of the molecule is CN(C)N(C)Cc1ccccc1OCCCCCC(=O)O. The summed E-state index contributed by atoms with van der Waals surface area (Å²) in [5.41, 5.74) is 1.15. The fraction of sp³-hybridized carbons (Fsp3) is 0.562. The second-order valence-corrected chi connectivity index (χ2v) is 5.32. The minimum absolute atomic E-state index is 0.240. The molecule has 1 N–H and O–H groups in total. The largest absolute Gasteiger partial charge is 0.493 e. The molecule has 0 atom stereocenters. The van der Waals surface area contributed by atoms with Crippen molar-refractivity contribution >= 4 is 5.97 Å². The zero-order valence-electron chi connectivity index (χ0n) is 13.2. The van der Waals surface area contributed by atoms with Crippen LogP contribution >= 0.6 is 0 Å². The maximum absolute atomic E-state index is 10.4. The molecule has 1 aromatic rings. The summed E-state index contributed by atoms with van der Waals surface area (Å²) in [4.78, 5) is 10.4. The molecule has 0 fully saturated rings. The van der Waals surface area contributed by atoms with Gasteiger partial charge in [-0.1, -0.05) is 18.2 Å². The van der Waals surface area contributed by atoms with Crippen LogP contribution in [0, 0.1) is 0 Å². The number of benzene rings is 1. The molecule has 0 bridgehead atoms. The highest BCUT2D eigenvalue weighted by Gasteiger charge is 2.07. The number of nitrogens with zero attached hydrogens (tertiary/aromatic N) is 2. The van der Waals surface area contributed by atoms with E-state index < -0.39 is 5.97 Å². The molecular formula is C16H26N2O3.